The average Bonchev–Trinajstić information content (AvgIpc) is 3.26. The van der Waals surface area contributed by atoms with Crippen LogP contribution in [0, 0.1) is 0 Å². The van der Waals surface area contributed by atoms with E-state index in [2.05, 4.69) is 19.9 Å². The Morgan fingerprint density at radius 3 is 1.34 bits per heavy atom. The molecule has 4 N–H and O–H groups in total. The van der Waals surface area contributed by atoms with Gasteiger partial charge < -0.3 is 39.4 Å². The topological polar surface area (TPSA) is 152 Å². The molecule has 0 amide bonds. The van der Waals surface area contributed by atoms with Crippen LogP contribution in [0.4, 0.5) is 0 Å². The fraction of sp³-hybridized carbons (Fsp3) is 0.922. The maximum Gasteiger partial charge on any atom is 0.306 e. The first-order chi connectivity index (χ1) is 29.8. The number of carbonyl (C=O) groups is 2. The maximum atomic E-state index is 12.8. The minimum atomic E-state index is -1.60. The lowest BCUT2D eigenvalue weighted by Crippen LogP contribution is -2.59. The summed E-state index contributed by atoms with van der Waals surface area (Å²) in [5.74, 6) is -0.848. The van der Waals surface area contributed by atoms with Crippen LogP contribution in [-0.4, -0.2) is 89.0 Å². The van der Waals surface area contributed by atoms with Crippen molar-refractivity contribution in [1.82, 2.24) is 0 Å². The molecule has 1 saturated heterocycles. The van der Waals surface area contributed by atoms with Crippen molar-refractivity contribution in [3.05, 3.63) is 12.2 Å². The molecule has 1 heterocycles. The van der Waals surface area contributed by atoms with Gasteiger partial charge in [-0.25, -0.2) is 0 Å². The van der Waals surface area contributed by atoms with Gasteiger partial charge in [-0.2, -0.15) is 0 Å². The molecule has 2 unspecified atom stereocenters. The fourth-order valence-electron chi connectivity index (χ4n) is 8.09. The van der Waals surface area contributed by atoms with Gasteiger partial charge in [0.05, 0.1) is 13.2 Å². The molecule has 0 aromatic rings. The van der Waals surface area contributed by atoms with Crippen LogP contribution in [0.15, 0.2) is 12.2 Å². The zero-order chi connectivity index (χ0) is 44.4. The summed E-state index contributed by atoms with van der Waals surface area (Å²) in [6.07, 6.45) is 39.5. The van der Waals surface area contributed by atoms with E-state index in [4.69, 9.17) is 18.9 Å². The highest BCUT2D eigenvalue weighted by molar-refractivity contribution is 5.70. The van der Waals surface area contributed by atoms with Crippen molar-refractivity contribution >= 4 is 11.9 Å². The highest BCUT2D eigenvalue weighted by Gasteiger charge is 2.44. The second-order valence-corrected chi connectivity index (χ2v) is 18.0. The molecule has 0 saturated carbocycles. The first kappa shape index (κ1) is 57.5. The summed E-state index contributed by atoms with van der Waals surface area (Å²) in [6.45, 7) is 3.43. The first-order valence-corrected chi connectivity index (χ1v) is 25.8. The van der Waals surface area contributed by atoms with Crippen molar-refractivity contribution < 1.29 is 49.0 Å². The van der Waals surface area contributed by atoms with Gasteiger partial charge in [0.1, 0.15) is 31.0 Å². The quantitative estimate of drug-likeness (QED) is 0.0264. The van der Waals surface area contributed by atoms with Crippen molar-refractivity contribution in [2.24, 2.45) is 0 Å². The minimum absolute atomic E-state index is 0.197. The summed E-state index contributed by atoms with van der Waals surface area (Å²) >= 11 is 0. The van der Waals surface area contributed by atoms with Gasteiger partial charge in [0.2, 0.25) is 0 Å². The molecule has 0 aromatic heterocycles. The Labute approximate surface area is 373 Å². The van der Waals surface area contributed by atoms with E-state index in [9.17, 15) is 30.0 Å². The average molecular weight is 869 g/mol. The number of hydrogen-bond acceptors (Lipinski definition) is 10. The molecular formula is C51H96O10. The number of ether oxygens (including phenoxy) is 4. The normalized spacial score (nSPS) is 19.7. The number of hydrogen-bond donors (Lipinski definition) is 4. The SMILES string of the molecule is CCCCCCCCCCCCC/C=C/CCC(=O)OC[C@H](CO[C@@H]1O[C@H](CO)[C@H](O)C(O)C1O)OC(=O)CCCCCCCCCCCCCCCCCCCCCCC. The molecule has 1 aliphatic rings. The maximum absolute atomic E-state index is 12.8. The number of rotatable bonds is 44. The zero-order valence-corrected chi connectivity index (χ0v) is 39.4. The number of unbranched alkanes of at least 4 members (excludes halogenated alkanes) is 31. The standard InChI is InChI=1S/C51H96O10/c1-3-5-7-9-11-13-15-17-19-20-21-22-23-24-26-28-30-32-34-36-38-40-47(54)60-44(43-59-51-50(57)49(56)48(55)45(41-52)61-51)42-58-46(53)39-37-35-33-31-29-27-25-18-16-14-12-10-8-6-4-2/h33,35,44-45,48-52,55-57H,3-32,34,36-43H2,1-2H3/b35-33+/t44-,45-,48+,49?,50?,51-/m1/s1. The number of aliphatic hydroxyl groups excluding tert-OH is 4. The first-order valence-electron chi connectivity index (χ1n) is 25.8. The summed E-state index contributed by atoms with van der Waals surface area (Å²) in [5.41, 5.74) is 0. The van der Waals surface area contributed by atoms with E-state index >= 15 is 0 Å². The molecular weight excluding hydrogens is 773 g/mol. The Balaban J connectivity index is 2.25. The van der Waals surface area contributed by atoms with Crippen LogP contribution in [-0.2, 0) is 28.5 Å². The third kappa shape index (κ3) is 33.6. The molecule has 1 rings (SSSR count). The highest BCUT2D eigenvalue weighted by atomic mass is 16.7. The monoisotopic (exact) mass is 869 g/mol. The lowest BCUT2D eigenvalue weighted by molar-refractivity contribution is -0.305. The number of carbonyl (C=O) groups excluding carboxylic acids is 2. The van der Waals surface area contributed by atoms with Crippen molar-refractivity contribution in [1.29, 1.82) is 0 Å². The van der Waals surface area contributed by atoms with E-state index in [-0.39, 0.29) is 26.1 Å². The number of aliphatic hydroxyl groups is 4. The highest BCUT2D eigenvalue weighted by Crippen LogP contribution is 2.23. The molecule has 61 heavy (non-hydrogen) atoms. The molecule has 1 aliphatic heterocycles. The Kier molecular flexibility index (Phi) is 39.9. The fourth-order valence-corrected chi connectivity index (χ4v) is 8.09. The summed E-state index contributed by atoms with van der Waals surface area (Å²) in [6, 6.07) is 0. The van der Waals surface area contributed by atoms with Crippen molar-refractivity contribution in [3.8, 4) is 0 Å². The second-order valence-electron chi connectivity index (χ2n) is 18.0. The van der Waals surface area contributed by atoms with Gasteiger partial charge in [-0.1, -0.05) is 219 Å². The molecule has 6 atom stereocenters. The Morgan fingerprint density at radius 1 is 0.492 bits per heavy atom. The van der Waals surface area contributed by atoms with Crippen LogP contribution >= 0.6 is 0 Å². The van der Waals surface area contributed by atoms with Crippen LogP contribution in [0.5, 0.6) is 0 Å². The van der Waals surface area contributed by atoms with E-state index in [1.54, 1.807) is 0 Å². The van der Waals surface area contributed by atoms with E-state index < -0.39 is 55.4 Å². The van der Waals surface area contributed by atoms with E-state index in [0.29, 0.717) is 12.8 Å². The third-order valence-corrected chi connectivity index (χ3v) is 12.2. The molecule has 10 heteroatoms. The lowest BCUT2D eigenvalue weighted by Gasteiger charge is -2.39. The number of allylic oxidation sites excluding steroid dienone is 2. The van der Waals surface area contributed by atoms with E-state index in [1.807, 2.05) is 6.08 Å². The molecule has 0 radical (unpaired) electrons. The third-order valence-electron chi connectivity index (χ3n) is 12.2. The summed E-state index contributed by atoms with van der Waals surface area (Å²) < 4.78 is 22.2. The molecule has 0 spiro atoms. The second kappa shape index (κ2) is 42.4. The van der Waals surface area contributed by atoms with Crippen molar-refractivity contribution in [2.45, 2.75) is 282 Å². The van der Waals surface area contributed by atoms with Gasteiger partial charge in [0.25, 0.3) is 0 Å². The Morgan fingerprint density at radius 2 is 0.902 bits per heavy atom. The molecule has 0 aromatic carbocycles. The summed E-state index contributed by atoms with van der Waals surface area (Å²) in [7, 11) is 0. The molecule has 1 fully saturated rings. The van der Waals surface area contributed by atoms with Crippen LogP contribution < -0.4 is 0 Å². The zero-order valence-electron chi connectivity index (χ0n) is 39.4. The smallest absolute Gasteiger partial charge is 0.306 e. The van der Waals surface area contributed by atoms with Gasteiger partial charge in [-0.05, 0) is 25.7 Å². The predicted octanol–water partition coefficient (Wildman–Crippen LogP) is 11.9. The largest absolute Gasteiger partial charge is 0.462 e. The van der Waals surface area contributed by atoms with Gasteiger partial charge in [-0.15, -0.1) is 0 Å². The Bertz CT molecular complexity index is 1010. The predicted molar refractivity (Wildman–Crippen MR) is 247 cm³/mol. The molecule has 10 nitrogen and oxygen atoms in total. The van der Waals surface area contributed by atoms with Crippen LogP contribution in [0.3, 0.4) is 0 Å². The van der Waals surface area contributed by atoms with Crippen molar-refractivity contribution in [3.63, 3.8) is 0 Å². The van der Waals surface area contributed by atoms with Crippen LogP contribution in [0.25, 0.3) is 0 Å². The van der Waals surface area contributed by atoms with Crippen molar-refractivity contribution in [2.75, 3.05) is 19.8 Å². The van der Waals surface area contributed by atoms with Gasteiger partial charge in [0.15, 0.2) is 12.4 Å². The summed E-state index contributed by atoms with van der Waals surface area (Å²) in [4.78, 5) is 25.4. The Hall–Kier alpha value is -1.56. The molecule has 0 aliphatic carbocycles. The van der Waals surface area contributed by atoms with Crippen LogP contribution in [0.1, 0.15) is 245 Å². The van der Waals surface area contributed by atoms with Gasteiger partial charge in [0, 0.05) is 12.8 Å². The number of esters is 2. The molecule has 0 bridgehead atoms. The van der Waals surface area contributed by atoms with E-state index in [0.717, 1.165) is 32.1 Å². The van der Waals surface area contributed by atoms with Gasteiger partial charge in [-0.3, -0.25) is 9.59 Å². The van der Waals surface area contributed by atoms with Gasteiger partial charge >= 0.3 is 11.9 Å². The minimum Gasteiger partial charge on any atom is -0.462 e. The van der Waals surface area contributed by atoms with E-state index in [1.165, 1.54) is 173 Å². The molecule has 360 valence electrons. The van der Waals surface area contributed by atoms with Crippen LogP contribution in [0.2, 0.25) is 0 Å². The lowest BCUT2D eigenvalue weighted by atomic mass is 9.99. The summed E-state index contributed by atoms with van der Waals surface area (Å²) in [5, 5.41) is 40.2.